The summed E-state index contributed by atoms with van der Waals surface area (Å²) >= 11 is 0. The van der Waals surface area contributed by atoms with E-state index in [0.717, 1.165) is 0 Å². The van der Waals surface area contributed by atoms with Crippen LogP contribution in [0.2, 0.25) is 0 Å². The summed E-state index contributed by atoms with van der Waals surface area (Å²) in [6.45, 7) is 4.19. The molecule has 0 nitrogen and oxygen atoms in total. The molecule has 0 heterocycles. The van der Waals surface area contributed by atoms with Crippen LogP contribution in [-0.4, -0.2) is 0 Å². The lowest BCUT2D eigenvalue weighted by Gasteiger charge is -1.90. The van der Waals surface area contributed by atoms with E-state index in [9.17, 15) is 0 Å². The molecule has 3 rings (SSSR count). The van der Waals surface area contributed by atoms with Crippen molar-refractivity contribution in [3.05, 3.63) is 108 Å². The van der Waals surface area contributed by atoms with E-state index >= 15 is 0 Å². The van der Waals surface area contributed by atoms with Crippen molar-refractivity contribution in [2.75, 3.05) is 0 Å². The number of hydrogen-bond acceptors (Lipinski definition) is 0. The minimum atomic E-state index is 1.33. The minimum absolute atomic E-state index is 1.33. The zero-order chi connectivity index (χ0) is 14.5. The first-order valence-corrected chi connectivity index (χ1v) is 6.82. The molecule has 102 valence electrons. The van der Waals surface area contributed by atoms with Crippen molar-refractivity contribution >= 4 is 0 Å². The van der Waals surface area contributed by atoms with E-state index in [0.29, 0.717) is 0 Å². The fraction of sp³-hybridized carbons (Fsp3) is 0.100. The lowest BCUT2D eigenvalue weighted by Crippen LogP contribution is -1.70. The highest BCUT2D eigenvalue weighted by molar-refractivity contribution is 5.19. The van der Waals surface area contributed by atoms with Gasteiger partial charge in [-0.2, -0.15) is 0 Å². The van der Waals surface area contributed by atoms with Crippen molar-refractivity contribution in [2.24, 2.45) is 0 Å². The molecule has 20 heavy (non-hydrogen) atoms. The fourth-order valence-corrected chi connectivity index (χ4v) is 1.41. The zero-order valence-corrected chi connectivity index (χ0v) is 12.2. The molecular formula is C20H22. The molecule has 0 unspecified atom stereocenters. The number of benzene rings is 3. The summed E-state index contributed by atoms with van der Waals surface area (Å²) in [5.41, 5.74) is 2.66. The summed E-state index contributed by atoms with van der Waals surface area (Å²) < 4.78 is 0. The van der Waals surface area contributed by atoms with Gasteiger partial charge >= 0.3 is 0 Å². The minimum Gasteiger partial charge on any atom is -0.0623 e. The van der Waals surface area contributed by atoms with Gasteiger partial charge in [0.2, 0.25) is 0 Å². The monoisotopic (exact) mass is 262 g/mol. The topological polar surface area (TPSA) is 0 Å². The molecule has 0 atom stereocenters. The van der Waals surface area contributed by atoms with Crippen LogP contribution in [-0.2, 0) is 0 Å². The molecule has 3 aromatic rings. The molecule has 0 aliphatic heterocycles. The summed E-state index contributed by atoms with van der Waals surface area (Å²) in [5, 5.41) is 0. The van der Waals surface area contributed by atoms with Gasteiger partial charge in [0.15, 0.2) is 0 Å². The molecule has 0 aromatic heterocycles. The number of hydrogen-bond donors (Lipinski definition) is 0. The molecule has 0 aliphatic carbocycles. The van der Waals surface area contributed by atoms with Gasteiger partial charge in [-0.05, 0) is 13.8 Å². The third-order valence-corrected chi connectivity index (χ3v) is 2.55. The predicted octanol–water partition coefficient (Wildman–Crippen LogP) is 5.68. The second-order valence-corrected chi connectivity index (χ2v) is 4.46. The van der Waals surface area contributed by atoms with E-state index in [-0.39, 0.29) is 0 Å². The van der Waals surface area contributed by atoms with Crippen molar-refractivity contribution in [1.82, 2.24) is 0 Å². The standard InChI is InChI=1S/C8H10.2C6H6/c1-7-3-5-8(2)6-4-7;2*1-2-4-6-5-3-1/h3-6H,1-2H3;2*1-6H. The van der Waals surface area contributed by atoms with E-state index in [1.54, 1.807) is 0 Å². The van der Waals surface area contributed by atoms with Crippen LogP contribution in [0.1, 0.15) is 11.1 Å². The van der Waals surface area contributed by atoms with Gasteiger partial charge in [0.25, 0.3) is 0 Å². The lowest BCUT2D eigenvalue weighted by atomic mass is 10.2. The Morgan fingerprint density at radius 2 is 0.500 bits per heavy atom. The fourth-order valence-electron chi connectivity index (χ4n) is 1.41. The Labute approximate surface area is 122 Å². The maximum atomic E-state index is 2.12. The Balaban J connectivity index is 0.000000152. The summed E-state index contributed by atoms with van der Waals surface area (Å²) in [4.78, 5) is 0. The second-order valence-electron chi connectivity index (χ2n) is 4.46. The van der Waals surface area contributed by atoms with Crippen LogP contribution in [0.4, 0.5) is 0 Å². The van der Waals surface area contributed by atoms with Crippen molar-refractivity contribution in [3.63, 3.8) is 0 Å². The summed E-state index contributed by atoms with van der Waals surface area (Å²) in [6.07, 6.45) is 0. The molecule has 0 spiro atoms. The molecule has 0 amide bonds. The van der Waals surface area contributed by atoms with Crippen LogP contribution in [0.3, 0.4) is 0 Å². The summed E-state index contributed by atoms with van der Waals surface area (Å²) in [7, 11) is 0. The van der Waals surface area contributed by atoms with Crippen LogP contribution in [0.15, 0.2) is 97.1 Å². The molecule has 0 bridgehead atoms. The molecule has 0 heteroatoms. The van der Waals surface area contributed by atoms with Crippen LogP contribution in [0, 0.1) is 13.8 Å². The molecule has 0 radical (unpaired) electrons. The quantitative estimate of drug-likeness (QED) is 0.489. The third kappa shape index (κ3) is 8.71. The molecule has 0 saturated heterocycles. The van der Waals surface area contributed by atoms with Gasteiger partial charge in [0.1, 0.15) is 0 Å². The van der Waals surface area contributed by atoms with Crippen LogP contribution in [0.25, 0.3) is 0 Å². The van der Waals surface area contributed by atoms with Gasteiger partial charge < -0.3 is 0 Å². The van der Waals surface area contributed by atoms with Crippen LogP contribution >= 0.6 is 0 Å². The van der Waals surface area contributed by atoms with Crippen molar-refractivity contribution < 1.29 is 0 Å². The Morgan fingerprint density at radius 3 is 0.650 bits per heavy atom. The van der Waals surface area contributed by atoms with Crippen LogP contribution in [0.5, 0.6) is 0 Å². The van der Waals surface area contributed by atoms with E-state index in [1.807, 2.05) is 72.8 Å². The first-order valence-electron chi connectivity index (χ1n) is 6.82. The number of rotatable bonds is 0. The van der Waals surface area contributed by atoms with E-state index in [2.05, 4.69) is 38.1 Å². The van der Waals surface area contributed by atoms with Crippen molar-refractivity contribution in [1.29, 1.82) is 0 Å². The summed E-state index contributed by atoms with van der Waals surface area (Å²) in [5.74, 6) is 0. The van der Waals surface area contributed by atoms with Crippen molar-refractivity contribution in [2.45, 2.75) is 13.8 Å². The zero-order valence-electron chi connectivity index (χ0n) is 12.2. The third-order valence-electron chi connectivity index (χ3n) is 2.55. The molecule has 0 saturated carbocycles. The van der Waals surface area contributed by atoms with Gasteiger partial charge in [-0.15, -0.1) is 0 Å². The maximum Gasteiger partial charge on any atom is -0.0398 e. The second kappa shape index (κ2) is 10.6. The van der Waals surface area contributed by atoms with Gasteiger partial charge in [-0.3, -0.25) is 0 Å². The highest BCUT2D eigenvalue weighted by Gasteiger charge is 1.79. The smallest absolute Gasteiger partial charge is 0.0398 e. The molecule has 3 aromatic carbocycles. The SMILES string of the molecule is Cc1ccc(C)cc1.c1ccccc1.c1ccccc1. The molecule has 0 aliphatic rings. The predicted molar refractivity (Wildman–Crippen MR) is 88.8 cm³/mol. The van der Waals surface area contributed by atoms with E-state index in [4.69, 9.17) is 0 Å². The number of aryl methyl sites for hydroxylation is 2. The Bertz CT molecular complexity index is 418. The normalized spacial score (nSPS) is 8.50. The highest BCUT2D eigenvalue weighted by Crippen LogP contribution is 1.99. The first kappa shape index (κ1) is 15.7. The lowest BCUT2D eigenvalue weighted by molar-refractivity contribution is 1.40. The average molecular weight is 262 g/mol. The Hall–Kier alpha value is -2.34. The largest absolute Gasteiger partial charge is 0.0623 e. The van der Waals surface area contributed by atoms with Gasteiger partial charge in [0.05, 0.1) is 0 Å². The molecule has 0 fully saturated rings. The molecular weight excluding hydrogens is 240 g/mol. The highest BCUT2D eigenvalue weighted by atomic mass is 13.9. The van der Waals surface area contributed by atoms with Gasteiger partial charge in [0, 0.05) is 0 Å². The Kier molecular flexibility index (Phi) is 8.31. The van der Waals surface area contributed by atoms with Crippen molar-refractivity contribution in [3.8, 4) is 0 Å². The summed E-state index contributed by atoms with van der Waals surface area (Å²) in [6, 6.07) is 32.5. The van der Waals surface area contributed by atoms with Crippen LogP contribution < -0.4 is 0 Å². The first-order chi connectivity index (χ1) is 9.79. The Morgan fingerprint density at radius 1 is 0.350 bits per heavy atom. The van der Waals surface area contributed by atoms with E-state index in [1.165, 1.54) is 11.1 Å². The van der Waals surface area contributed by atoms with E-state index < -0.39 is 0 Å². The maximum absolute atomic E-state index is 2.12. The van der Waals surface area contributed by atoms with Gasteiger partial charge in [-0.25, -0.2) is 0 Å². The van der Waals surface area contributed by atoms with Gasteiger partial charge in [-0.1, -0.05) is 108 Å². The molecule has 0 N–H and O–H groups in total. The average Bonchev–Trinajstić information content (AvgIpc) is 2.55.